The highest BCUT2D eigenvalue weighted by molar-refractivity contribution is 6.73. The van der Waals surface area contributed by atoms with Crippen LogP contribution in [-0.4, -0.2) is 68.8 Å². The summed E-state index contributed by atoms with van der Waals surface area (Å²) in [5.41, 5.74) is 0. The van der Waals surface area contributed by atoms with Crippen LogP contribution in [0.2, 0.25) is 45.3 Å². The largest absolute Gasteiger partial charge is 0.520 e. The molecule has 0 N–H and O–H groups in total. The summed E-state index contributed by atoms with van der Waals surface area (Å²) in [5.74, 6) is -0.185. The van der Waals surface area contributed by atoms with Gasteiger partial charge in [-0.1, -0.05) is 26.6 Å². The van der Waals surface area contributed by atoms with Crippen molar-refractivity contribution in [1.82, 2.24) is 4.57 Å². The quantitative estimate of drug-likeness (QED) is 0.340. The number of nitrogens with zero attached hydrogens (tertiary/aromatic N) is 1. The number of hydrogen-bond donors (Lipinski definition) is 0. The van der Waals surface area contributed by atoms with Gasteiger partial charge < -0.3 is 22.3 Å². The molecule has 0 saturated carbocycles. The van der Waals surface area contributed by atoms with Crippen molar-refractivity contribution in [3.8, 4) is 0 Å². The molecule has 0 radical (unpaired) electrons. The van der Waals surface area contributed by atoms with Gasteiger partial charge in [0.1, 0.15) is 8.24 Å². The van der Waals surface area contributed by atoms with E-state index in [0.717, 1.165) is 25.6 Å². The summed E-state index contributed by atoms with van der Waals surface area (Å²) >= 11 is 0. The van der Waals surface area contributed by atoms with E-state index >= 15 is 0 Å². The molecule has 0 amide bonds. The molecule has 0 bridgehead atoms. The first-order valence-electron chi connectivity index (χ1n) is 10.7. The molecule has 28 heavy (non-hydrogen) atoms. The van der Waals surface area contributed by atoms with Gasteiger partial charge in [-0.05, 0) is 53.4 Å². The van der Waals surface area contributed by atoms with Gasteiger partial charge >= 0.3 is 8.80 Å². The van der Waals surface area contributed by atoms with E-state index in [2.05, 4.69) is 24.2 Å². The minimum Gasteiger partial charge on any atom is -0.520 e. The normalized spacial score (nSPS) is 14.4. The summed E-state index contributed by atoms with van der Waals surface area (Å²) in [6.45, 7) is 24.5. The molecule has 168 valence electrons. The lowest BCUT2D eigenvalue weighted by Crippen LogP contribution is -2.51. The van der Waals surface area contributed by atoms with E-state index in [4.69, 9.17) is 17.7 Å². The fraction of sp³-hybridized carbons (Fsp3) is 0.947. The van der Waals surface area contributed by atoms with E-state index in [0.29, 0.717) is 19.8 Å². The van der Waals surface area contributed by atoms with Gasteiger partial charge in [-0.15, -0.1) is 0 Å². The van der Waals surface area contributed by atoms with Crippen molar-refractivity contribution in [3.63, 3.8) is 0 Å². The Bertz CT molecular complexity index is 435. The fourth-order valence-electron chi connectivity index (χ4n) is 3.00. The van der Waals surface area contributed by atoms with Crippen LogP contribution in [0.4, 0.5) is 0 Å². The molecular weight excluding hydrogens is 406 g/mol. The zero-order valence-corrected chi connectivity index (χ0v) is 23.0. The van der Waals surface area contributed by atoms with Crippen molar-refractivity contribution in [3.05, 3.63) is 0 Å². The highest BCUT2D eigenvalue weighted by Gasteiger charge is 2.40. The predicted molar refractivity (Wildman–Crippen MR) is 124 cm³/mol. The lowest BCUT2D eigenvalue weighted by atomic mass is 10.2. The molecule has 0 aliphatic carbocycles. The summed E-state index contributed by atoms with van der Waals surface area (Å²) < 4.78 is 26.1. The number of rotatable bonds is 15. The van der Waals surface area contributed by atoms with Crippen LogP contribution in [-0.2, 0) is 22.5 Å². The van der Waals surface area contributed by atoms with Crippen molar-refractivity contribution in [2.45, 2.75) is 79.4 Å². The Morgan fingerprint density at radius 2 is 1.36 bits per heavy atom. The highest BCUT2D eigenvalue weighted by atomic mass is 28.4. The van der Waals surface area contributed by atoms with Crippen molar-refractivity contribution < 1.29 is 22.5 Å². The van der Waals surface area contributed by atoms with Crippen LogP contribution in [0.25, 0.3) is 0 Å². The van der Waals surface area contributed by atoms with Crippen molar-refractivity contribution in [2.24, 2.45) is 5.92 Å². The fourth-order valence-corrected chi connectivity index (χ4v) is 8.04. The van der Waals surface area contributed by atoms with Crippen LogP contribution < -0.4 is 0 Å². The van der Waals surface area contributed by atoms with Gasteiger partial charge in [0.25, 0.3) is 5.97 Å². The standard InChI is InChI=1S/C19H45NO5Si3/c1-11-22-28(23-12-2,24-13-3)16-14-15-20(26(5,6)7)17-18(4)19(21)25-27(8,9)10/h18H,11-17H2,1-10H3. The van der Waals surface area contributed by atoms with E-state index in [9.17, 15) is 4.79 Å². The summed E-state index contributed by atoms with van der Waals surface area (Å²) in [4.78, 5) is 12.5. The molecule has 0 fully saturated rings. The van der Waals surface area contributed by atoms with Crippen LogP contribution >= 0.6 is 0 Å². The Balaban J connectivity index is 4.99. The number of hydrogen-bond acceptors (Lipinski definition) is 6. The number of carbonyl (C=O) groups excluding carboxylic acids is 1. The van der Waals surface area contributed by atoms with Crippen LogP contribution in [0.5, 0.6) is 0 Å². The second-order valence-corrected chi connectivity index (χ2v) is 21.3. The summed E-state index contributed by atoms with van der Waals surface area (Å²) in [5, 5.41) is 0. The van der Waals surface area contributed by atoms with Crippen molar-refractivity contribution >= 4 is 31.3 Å². The van der Waals surface area contributed by atoms with E-state index < -0.39 is 25.4 Å². The molecule has 0 heterocycles. The van der Waals surface area contributed by atoms with Crippen LogP contribution in [0, 0.1) is 5.92 Å². The minimum absolute atomic E-state index is 0.0657. The molecule has 0 aromatic rings. The molecule has 0 aromatic carbocycles. The Morgan fingerprint density at radius 1 is 0.893 bits per heavy atom. The summed E-state index contributed by atoms with van der Waals surface area (Å²) in [6, 6.07) is 0.803. The van der Waals surface area contributed by atoms with Gasteiger partial charge in [0.15, 0.2) is 0 Å². The summed E-state index contributed by atoms with van der Waals surface area (Å²) in [6.07, 6.45) is 0.937. The van der Waals surface area contributed by atoms with Gasteiger partial charge in [0, 0.05) is 32.4 Å². The van der Waals surface area contributed by atoms with E-state index in [1.165, 1.54) is 0 Å². The van der Waals surface area contributed by atoms with Gasteiger partial charge in [-0.3, -0.25) is 4.79 Å². The SMILES string of the molecule is CCO[Si](CCCN(CC(C)C(=O)O[Si](C)(C)C)[Si](C)(C)C)(OCC)OCC. The first-order valence-corrected chi connectivity index (χ1v) is 19.5. The van der Waals surface area contributed by atoms with Crippen molar-refractivity contribution in [1.29, 1.82) is 0 Å². The molecule has 1 atom stereocenters. The first-order chi connectivity index (χ1) is 12.8. The maximum Gasteiger partial charge on any atom is 0.500 e. The van der Waals surface area contributed by atoms with Gasteiger partial charge in [-0.2, -0.15) is 0 Å². The molecule has 0 aliphatic rings. The van der Waals surface area contributed by atoms with Crippen LogP contribution in [0.15, 0.2) is 0 Å². The zero-order valence-electron chi connectivity index (χ0n) is 20.0. The Labute approximate surface area is 176 Å². The van der Waals surface area contributed by atoms with Gasteiger partial charge in [0.2, 0.25) is 8.32 Å². The monoisotopic (exact) mass is 451 g/mol. The van der Waals surface area contributed by atoms with Crippen molar-refractivity contribution in [2.75, 3.05) is 32.9 Å². The molecule has 0 aromatic heterocycles. The van der Waals surface area contributed by atoms with Gasteiger partial charge in [0.05, 0.1) is 5.92 Å². The second-order valence-electron chi connectivity index (χ2n) is 9.14. The Kier molecular flexibility index (Phi) is 12.6. The molecule has 0 rings (SSSR count). The smallest absolute Gasteiger partial charge is 0.500 e. The average Bonchev–Trinajstić information content (AvgIpc) is 2.52. The maximum atomic E-state index is 12.5. The highest BCUT2D eigenvalue weighted by Crippen LogP contribution is 2.21. The Morgan fingerprint density at radius 3 is 1.71 bits per heavy atom. The molecule has 0 aliphatic heterocycles. The Hall–Kier alpha value is -0.0394. The summed E-state index contributed by atoms with van der Waals surface area (Å²) in [7, 11) is -6.05. The third kappa shape index (κ3) is 11.2. The zero-order chi connectivity index (χ0) is 22.0. The maximum absolute atomic E-state index is 12.5. The predicted octanol–water partition coefficient (Wildman–Crippen LogP) is 4.58. The third-order valence-corrected chi connectivity index (χ3v) is 10.5. The molecule has 0 saturated heterocycles. The lowest BCUT2D eigenvalue weighted by molar-refractivity contribution is -0.139. The topological polar surface area (TPSA) is 57.2 Å². The minimum atomic E-state index is -2.61. The third-order valence-electron chi connectivity index (χ3n) is 4.26. The molecule has 1 unspecified atom stereocenters. The van der Waals surface area contributed by atoms with Crippen LogP contribution in [0.3, 0.4) is 0 Å². The van der Waals surface area contributed by atoms with E-state index in [-0.39, 0.29) is 11.9 Å². The second kappa shape index (κ2) is 12.6. The van der Waals surface area contributed by atoms with Crippen LogP contribution in [0.1, 0.15) is 34.1 Å². The van der Waals surface area contributed by atoms with E-state index in [1.54, 1.807) is 0 Å². The molecular formula is C19H45NO5Si3. The molecule has 9 heteroatoms. The van der Waals surface area contributed by atoms with Gasteiger partial charge in [-0.25, -0.2) is 0 Å². The average molecular weight is 452 g/mol. The van der Waals surface area contributed by atoms with E-state index in [1.807, 2.05) is 47.3 Å². The first kappa shape index (κ1) is 28.0. The lowest BCUT2D eigenvalue weighted by Gasteiger charge is -2.37. The molecule has 6 nitrogen and oxygen atoms in total. The number of carbonyl (C=O) groups is 1. The molecule has 0 spiro atoms.